The van der Waals surface area contributed by atoms with Gasteiger partial charge in [0, 0.05) is 25.4 Å². The number of amides is 1. The number of hydrogen-bond acceptors (Lipinski definition) is 5. The van der Waals surface area contributed by atoms with E-state index in [1.165, 1.54) is 0 Å². The van der Waals surface area contributed by atoms with Crippen molar-refractivity contribution in [3.63, 3.8) is 0 Å². The van der Waals surface area contributed by atoms with Crippen LogP contribution >= 0.6 is 0 Å². The minimum Gasteiger partial charge on any atom is -0.370 e. The van der Waals surface area contributed by atoms with Gasteiger partial charge in [0.2, 0.25) is 0 Å². The van der Waals surface area contributed by atoms with Gasteiger partial charge in [-0.1, -0.05) is 6.92 Å². The number of anilines is 1. The summed E-state index contributed by atoms with van der Waals surface area (Å²) in [6.45, 7) is 3.25. The molecule has 0 atom stereocenters. The van der Waals surface area contributed by atoms with E-state index in [9.17, 15) is 4.79 Å². The molecule has 2 N–H and O–H groups in total. The first kappa shape index (κ1) is 14.0. The summed E-state index contributed by atoms with van der Waals surface area (Å²) in [7, 11) is 1.83. The second kappa shape index (κ2) is 6.65. The smallest absolute Gasteiger partial charge is 0.251 e. The summed E-state index contributed by atoms with van der Waals surface area (Å²) in [5.74, 6) is 1.25. The number of aryl methyl sites for hydroxylation is 1. The number of rotatable bonds is 6. The molecule has 2 aromatic rings. The van der Waals surface area contributed by atoms with Crippen LogP contribution in [0.15, 0.2) is 24.7 Å². The first-order valence-electron chi connectivity index (χ1n) is 6.51. The van der Waals surface area contributed by atoms with Gasteiger partial charge in [-0.05, 0) is 18.6 Å². The van der Waals surface area contributed by atoms with Crippen molar-refractivity contribution < 1.29 is 4.79 Å². The van der Waals surface area contributed by atoms with Gasteiger partial charge in [0.1, 0.15) is 12.1 Å². The van der Waals surface area contributed by atoms with Gasteiger partial charge in [-0.15, -0.1) is 10.2 Å². The van der Waals surface area contributed by atoms with E-state index in [0.29, 0.717) is 23.8 Å². The van der Waals surface area contributed by atoms with Gasteiger partial charge in [0.15, 0.2) is 5.82 Å². The molecule has 0 saturated carbocycles. The van der Waals surface area contributed by atoms with Crippen LogP contribution in [-0.2, 0) is 13.6 Å². The molecule has 0 aliphatic rings. The minimum atomic E-state index is -0.157. The highest BCUT2D eigenvalue weighted by atomic mass is 16.1. The van der Waals surface area contributed by atoms with E-state index >= 15 is 0 Å². The van der Waals surface area contributed by atoms with Crippen molar-refractivity contribution in [3.05, 3.63) is 36.0 Å². The summed E-state index contributed by atoms with van der Waals surface area (Å²) in [5.41, 5.74) is 0.570. The zero-order valence-corrected chi connectivity index (χ0v) is 11.6. The zero-order valence-electron chi connectivity index (χ0n) is 11.6. The Bertz CT molecular complexity index is 580. The molecule has 0 aliphatic carbocycles. The predicted octanol–water partition coefficient (Wildman–Crippen LogP) is 0.962. The number of nitrogens with one attached hydrogen (secondary N) is 2. The van der Waals surface area contributed by atoms with Crippen molar-refractivity contribution in [2.45, 2.75) is 19.9 Å². The maximum Gasteiger partial charge on any atom is 0.251 e. The van der Waals surface area contributed by atoms with Crippen LogP contribution in [0.2, 0.25) is 0 Å². The third-order valence-electron chi connectivity index (χ3n) is 2.79. The van der Waals surface area contributed by atoms with E-state index < -0.39 is 0 Å². The fourth-order valence-corrected chi connectivity index (χ4v) is 1.65. The standard InChI is InChI=1S/C13H18N6O/c1-3-5-14-11-7-10(4-6-15-11)13(20)16-8-12-18-17-9-19(12)2/h4,6-7,9H,3,5,8H2,1-2H3,(H,14,15)(H,16,20). The average Bonchev–Trinajstić information content (AvgIpc) is 2.88. The largest absolute Gasteiger partial charge is 0.370 e. The van der Waals surface area contributed by atoms with Crippen LogP contribution in [0.5, 0.6) is 0 Å². The molecule has 0 bridgehead atoms. The van der Waals surface area contributed by atoms with E-state index in [4.69, 9.17) is 0 Å². The normalized spacial score (nSPS) is 10.3. The quantitative estimate of drug-likeness (QED) is 0.819. The highest BCUT2D eigenvalue weighted by molar-refractivity contribution is 5.94. The van der Waals surface area contributed by atoms with Crippen LogP contribution in [0.25, 0.3) is 0 Å². The molecule has 1 amide bonds. The number of pyridine rings is 1. The SMILES string of the molecule is CCCNc1cc(C(=O)NCc2nncn2C)ccn1. The summed E-state index contributed by atoms with van der Waals surface area (Å²) >= 11 is 0. The summed E-state index contributed by atoms with van der Waals surface area (Å²) in [5, 5.41) is 13.6. The maximum absolute atomic E-state index is 12.1. The van der Waals surface area contributed by atoms with Gasteiger partial charge in [-0.25, -0.2) is 4.98 Å². The summed E-state index contributed by atoms with van der Waals surface area (Å²) in [6.07, 6.45) is 4.22. The summed E-state index contributed by atoms with van der Waals surface area (Å²) in [6, 6.07) is 3.42. The Morgan fingerprint density at radius 1 is 1.45 bits per heavy atom. The Hall–Kier alpha value is -2.44. The van der Waals surface area contributed by atoms with Gasteiger partial charge in [-0.2, -0.15) is 0 Å². The lowest BCUT2D eigenvalue weighted by atomic mass is 10.2. The Labute approximate surface area is 117 Å². The summed E-state index contributed by atoms with van der Waals surface area (Å²) < 4.78 is 1.76. The molecule has 2 heterocycles. The first-order valence-corrected chi connectivity index (χ1v) is 6.51. The molecule has 20 heavy (non-hydrogen) atoms. The zero-order chi connectivity index (χ0) is 14.4. The third-order valence-corrected chi connectivity index (χ3v) is 2.79. The molecular weight excluding hydrogens is 256 g/mol. The highest BCUT2D eigenvalue weighted by Crippen LogP contribution is 2.07. The molecule has 2 aromatic heterocycles. The average molecular weight is 274 g/mol. The van der Waals surface area contributed by atoms with Crippen molar-refractivity contribution in [1.82, 2.24) is 25.1 Å². The van der Waals surface area contributed by atoms with E-state index in [0.717, 1.165) is 13.0 Å². The molecule has 7 nitrogen and oxygen atoms in total. The van der Waals surface area contributed by atoms with Crippen LogP contribution in [0.1, 0.15) is 29.5 Å². The van der Waals surface area contributed by atoms with Gasteiger partial charge in [-0.3, -0.25) is 4.79 Å². The number of aromatic nitrogens is 4. The topological polar surface area (TPSA) is 84.7 Å². The van der Waals surface area contributed by atoms with E-state index in [1.54, 1.807) is 29.2 Å². The second-order valence-electron chi connectivity index (χ2n) is 4.40. The minimum absolute atomic E-state index is 0.157. The van der Waals surface area contributed by atoms with Gasteiger partial charge in [0.05, 0.1) is 6.54 Å². The van der Waals surface area contributed by atoms with Crippen molar-refractivity contribution in [2.24, 2.45) is 7.05 Å². The Morgan fingerprint density at radius 3 is 3.00 bits per heavy atom. The molecule has 7 heteroatoms. The summed E-state index contributed by atoms with van der Waals surface area (Å²) in [4.78, 5) is 16.2. The van der Waals surface area contributed by atoms with Gasteiger partial charge < -0.3 is 15.2 Å². The molecule has 0 radical (unpaired) electrons. The molecule has 0 fully saturated rings. The molecule has 0 spiro atoms. The molecule has 106 valence electrons. The monoisotopic (exact) mass is 274 g/mol. The predicted molar refractivity (Wildman–Crippen MR) is 75.2 cm³/mol. The Kier molecular flexibility index (Phi) is 4.65. The Balaban J connectivity index is 1.96. The lowest BCUT2D eigenvalue weighted by Crippen LogP contribution is -2.24. The van der Waals surface area contributed by atoms with Crippen molar-refractivity contribution in [3.8, 4) is 0 Å². The second-order valence-corrected chi connectivity index (χ2v) is 4.40. The van der Waals surface area contributed by atoms with Crippen LogP contribution in [0.3, 0.4) is 0 Å². The van der Waals surface area contributed by atoms with Crippen molar-refractivity contribution in [2.75, 3.05) is 11.9 Å². The van der Waals surface area contributed by atoms with Gasteiger partial charge in [0.25, 0.3) is 5.91 Å². The van der Waals surface area contributed by atoms with E-state index in [-0.39, 0.29) is 5.91 Å². The van der Waals surface area contributed by atoms with Crippen LogP contribution in [0, 0.1) is 0 Å². The fourth-order valence-electron chi connectivity index (χ4n) is 1.65. The fraction of sp³-hybridized carbons (Fsp3) is 0.385. The lowest BCUT2D eigenvalue weighted by Gasteiger charge is -2.07. The highest BCUT2D eigenvalue weighted by Gasteiger charge is 2.08. The van der Waals surface area contributed by atoms with Crippen LogP contribution < -0.4 is 10.6 Å². The van der Waals surface area contributed by atoms with Crippen molar-refractivity contribution in [1.29, 1.82) is 0 Å². The third kappa shape index (κ3) is 3.53. The van der Waals surface area contributed by atoms with Crippen LogP contribution in [0.4, 0.5) is 5.82 Å². The number of nitrogens with zero attached hydrogens (tertiary/aromatic N) is 4. The van der Waals surface area contributed by atoms with E-state index in [2.05, 4.69) is 32.7 Å². The van der Waals surface area contributed by atoms with Gasteiger partial charge >= 0.3 is 0 Å². The molecular formula is C13H18N6O. The molecule has 0 aromatic carbocycles. The number of carbonyl (C=O) groups is 1. The number of carbonyl (C=O) groups excluding carboxylic acids is 1. The van der Waals surface area contributed by atoms with Crippen LogP contribution in [-0.4, -0.2) is 32.2 Å². The number of hydrogen-bond donors (Lipinski definition) is 2. The maximum atomic E-state index is 12.1. The first-order chi connectivity index (χ1) is 9.70. The molecule has 0 aliphatic heterocycles. The molecule has 0 unspecified atom stereocenters. The van der Waals surface area contributed by atoms with E-state index in [1.807, 2.05) is 7.05 Å². The molecule has 2 rings (SSSR count). The van der Waals surface area contributed by atoms with Crippen molar-refractivity contribution >= 4 is 11.7 Å². The molecule has 0 saturated heterocycles. The Morgan fingerprint density at radius 2 is 2.30 bits per heavy atom. The lowest BCUT2D eigenvalue weighted by molar-refractivity contribution is 0.0949.